The Morgan fingerprint density at radius 3 is 2.72 bits per heavy atom. The van der Waals surface area contributed by atoms with E-state index in [-0.39, 0.29) is 11.9 Å². The molecule has 0 aromatic carbocycles. The van der Waals surface area contributed by atoms with Crippen LogP contribution in [0.15, 0.2) is 0 Å². The Morgan fingerprint density at radius 2 is 2.22 bits per heavy atom. The van der Waals surface area contributed by atoms with E-state index in [0.29, 0.717) is 19.2 Å². The Kier molecular flexibility index (Phi) is 4.25. The van der Waals surface area contributed by atoms with Crippen molar-refractivity contribution in [1.82, 2.24) is 4.90 Å². The number of esters is 1. The maximum absolute atomic E-state index is 12.1. The third-order valence-corrected chi connectivity index (χ3v) is 4.00. The second kappa shape index (κ2) is 5.55. The molecule has 0 aromatic heterocycles. The monoisotopic (exact) mass is 256 g/mol. The molecule has 0 spiro atoms. The number of hydrogen-bond acceptors (Lipinski definition) is 5. The molecule has 0 amide bonds. The predicted octanol–water partition coefficient (Wildman–Crippen LogP) is 0.378. The van der Waals surface area contributed by atoms with Crippen molar-refractivity contribution < 1.29 is 14.3 Å². The van der Waals surface area contributed by atoms with Crippen molar-refractivity contribution in [3.63, 3.8) is 0 Å². The summed E-state index contributed by atoms with van der Waals surface area (Å²) in [6.07, 6.45) is 3.08. The van der Waals surface area contributed by atoms with E-state index < -0.39 is 5.54 Å². The van der Waals surface area contributed by atoms with Gasteiger partial charge in [-0.15, -0.1) is 0 Å². The van der Waals surface area contributed by atoms with Gasteiger partial charge in [0.15, 0.2) is 0 Å². The SMILES string of the molecule is CCOC(=O)C(N)(CN(C)C1CCOC1)C1CC1. The summed E-state index contributed by atoms with van der Waals surface area (Å²) in [5, 5.41) is 0. The molecule has 1 heterocycles. The molecule has 5 nitrogen and oxygen atoms in total. The fraction of sp³-hybridized carbons (Fsp3) is 0.923. The van der Waals surface area contributed by atoms with E-state index in [2.05, 4.69) is 4.90 Å². The van der Waals surface area contributed by atoms with Crippen LogP contribution in [0.2, 0.25) is 0 Å². The smallest absolute Gasteiger partial charge is 0.327 e. The normalized spacial score (nSPS) is 27.2. The first-order chi connectivity index (χ1) is 8.58. The summed E-state index contributed by atoms with van der Waals surface area (Å²) >= 11 is 0. The van der Waals surface area contributed by atoms with Gasteiger partial charge in [0, 0.05) is 19.2 Å². The first kappa shape index (κ1) is 13.8. The number of carbonyl (C=O) groups is 1. The lowest BCUT2D eigenvalue weighted by atomic mass is 9.93. The van der Waals surface area contributed by atoms with Gasteiger partial charge in [-0.25, -0.2) is 4.79 Å². The highest BCUT2D eigenvalue weighted by Gasteiger charge is 2.50. The van der Waals surface area contributed by atoms with Gasteiger partial charge in [-0.05, 0) is 39.2 Å². The summed E-state index contributed by atoms with van der Waals surface area (Å²) in [5.74, 6) is 0.0274. The third-order valence-electron chi connectivity index (χ3n) is 4.00. The van der Waals surface area contributed by atoms with Crippen molar-refractivity contribution in [3.8, 4) is 0 Å². The molecule has 2 unspecified atom stereocenters. The average Bonchev–Trinajstić information content (AvgIpc) is 3.05. The van der Waals surface area contributed by atoms with E-state index in [9.17, 15) is 4.79 Å². The molecule has 0 aromatic rings. The number of nitrogens with zero attached hydrogens (tertiary/aromatic N) is 1. The summed E-state index contributed by atoms with van der Waals surface area (Å²) < 4.78 is 10.5. The van der Waals surface area contributed by atoms with E-state index in [4.69, 9.17) is 15.2 Å². The predicted molar refractivity (Wildman–Crippen MR) is 68.1 cm³/mol. The van der Waals surface area contributed by atoms with Crippen LogP contribution in [0.5, 0.6) is 0 Å². The molecular formula is C13H24N2O3. The van der Waals surface area contributed by atoms with Gasteiger partial charge >= 0.3 is 5.97 Å². The minimum Gasteiger partial charge on any atom is -0.465 e. The number of carbonyl (C=O) groups excluding carboxylic acids is 1. The summed E-state index contributed by atoms with van der Waals surface area (Å²) in [4.78, 5) is 14.2. The van der Waals surface area contributed by atoms with E-state index in [1.807, 2.05) is 14.0 Å². The first-order valence-electron chi connectivity index (χ1n) is 6.82. The minimum absolute atomic E-state index is 0.252. The van der Waals surface area contributed by atoms with Crippen LogP contribution in [0, 0.1) is 5.92 Å². The molecule has 2 atom stereocenters. The van der Waals surface area contributed by atoms with E-state index in [1.165, 1.54) is 0 Å². The third kappa shape index (κ3) is 2.84. The Balaban J connectivity index is 1.98. The van der Waals surface area contributed by atoms with Crippen LogP contribution in [0.25, 0.3) is 0 Å². The van der Waals surface area contributed by atoms with E-state index in [1.54, 1.807) is 0 Å². The topological polar surface area (TPSA) is 64.8 Å². The molecular weight excluding hydrogens is 232 g/mol. The lowest BCUT2D eigenvalue weighted by Crippen LogP contribution is -2.59. The van der Waals surface area contributed by atoms with E-state index >= 15 is 0 Å². The Labute approximate surface area is 109 Å². The maximum atomic E-state index is 12.1. The summed E-state index contributed by atoms with van der Waals surface area (Å²) in [6, 6.07) is 0.376. The Hall–Kier alpha value is -0.650. The minimum atomic E-state index is -0.840. The molecule has 2 aliphatic rings. The Bertz CT molecular complexity index is 301. The van der Waals surface area contributed by atoms with Gasteiger partial charge in [0.05, 0.1) is 13.2 Å². The van der Waals surface area contributed by atoms with Crippen molar-refractivity contribution >= 4 is 5.97 Å². The number of nitrogens with two attached hydrogens (primary N) is 1. The van der Waals surface area contributed by atoms with Crippen molar-refractivity contribution in [1.29, 1.82) is 0 Å². The van der Waals surface area contributed by atoms with Gasteiger partial charge in [-0.2, -0.15) is 0 Å². The highest BCUT2D eigenvalue weighted by molar-refractivity contribution is 5.82. The van der Waals surface area contributed by atoms with Gasteiger partial charge in [0.1, 0.15) is 5.54 Å². The van der Waals surface area contributed by atoms with Gasteiger partial charge in [-0.3, -0.25) is 4.90 Å². The summed E-state index contributed by atoms with van der Waals surface area (Å²) in [6.45, 7) is 4.31. The second-order valence-electron chi connectivity index (χ2n) is 5.47. The Morgan fingerprint density at radius 1 is 1.50 bits per heavy atom. The van der Waals surface area contributed by atoms with Gasteiger partial charge in [0.2, 0.25) is 0 Å². The molecule has 104 valence electrons. The lowest BCUT2D eigenvalue weighted by molar-refractivity contribution is -0.151. The van der Waals surface area contributed by atoms with Gasteiger partial charge < -0.3 is 15.2 Å². The average molecular weight is 256 g/mol. The zero-order valence-electron chi connectivity index (χ0n) is 11.4. The molecule has 18 heavy (non-hydrogen) atoms. The molecule has 0 bridgehead atoms. The first-order valence-corrected chi connectivity index (χ1v) is 6.82. The fourth-order valence-electron chi connectivity index (χ4n) is 2.64. The molecule has 0 radical (unpaired) electrons. The van der Waals surface area contributed by atoms with Crippen LogP contribution < -0.4 is 5.73 Å². The van der Waals surface area contributed by atoms with Crippen LogP contribution in [-0.2, 0) is 14.3 Å². The second-order valence-corrected chi connectivity index (χ2v) is 5.47. The number of ether oxygens (including phenoxy) is 2. The van der Waals surface area contributed by atoms with Crippen molar-refractivity contribution in [2.24, 2.45) is 11.7 Å². The fourth-order valence-corrected chi connectivity index (χ4v) is 2.64. The summed E-state index contributed by atoms with van der Waals surface area (Å²) in [5.41, 5.74) is 5.50. The molecule has 2 fully saturated rings. The number of rotatable bonds is 6. The van der Waals surface area contributed by atoms with E-state index in [0.717, 1.165) is 32.5 Å². The van der Waals surface area contributed by atoms with Gasteiger partial charge in [-0.1, -0.05) is 0 Å². The van der Waals surface area contributed by atoms with Gasteiger partial charge in [0.25, 0.3) is 0 Å². The standard InChI is InChI=1S/C13H24N2O3/c1-3-18-12(16)13(14,10-4-5-10)9-15(2)11-6-7-17-8-11/h10-11H,3-9,14H2,1-2H3. The number of hydrogen-bond donors (Lipinski definition) is 1. The highest BCUT2D eigenvalue weighted by Crippen LogP contribution is 2.39. The highest BCUT2D eigenvalue weighted by atomic mass is 16.5. The van der Waals surface area contributed by atoms with Crippen LogP contribution >= 0.6 is 0 Å². The van der Waals surface area contributed by atoms with Crippen molar-refractivity contribution in [2.75, 3.05) is 33.4 Å². The molecule has 1 saturated heterocycles. The zero-order valence-corrected chi connectivity index (χ0v) is 11.4. The largest absolute Gasteiger partial charge is 0.465 e. The molecule has 1 aliphatic heterocycles. The van der Waals surface area contributed by atoms with Crippen LogP contribution in [-0.4, -0.2) is 55.9 Å². The molecule has 2 rings (SSSR count). The van der Waals surface area contributed by atoms with Crippen molar-refractivity contribution in [3.05, 3.63) is 0 Å². The number of likely N-dealkylation sites (N-methyl/N-ethyl adjacent to an activating group) is 1. The summed E-state index contributed by atoms with van der Waals surface area (Å²) in [7, 11) is 2.02. The van der Waals surface area contributed by atoms with Crippen LogP contribution in [0.3, 0.4) is 0 Å². The molecule has 1 aliphatic carbocycles. The molecule has 5 heteroatoms. The molecule has 1 saturated carbocycles. The van der Waals surface area contributed by atoms with Crippen molar-refractivity contribution in [2.45, 2.75) is 37.8 Å². The maximum Gasteiger partial charge on any atom is 0.327 e. The van der Waals surface area contributed by atoms with Crippen LogP contribution in [0.1, 0.15) is 26.2 Å². The quantitative estimate of drug-likeness (QED) is 0.696. The van der Waals surface area contributed by atoms with Crippen LogP contribution in [0.4, 0.5) is 0 Å². The zero-order chi connectivity index (χ0) is 13.2. The molecule has 2 N–H and O–H groups in total. The lowest BCUT2D eigenvalue weighted by Gasteiger charge is -2.34.